The second-order valence-corrected chi connectivity index (χ2v) is 6.65. The molecule has 2 N–H and O–H groups in total. The maximum absolute atomic E-state index is 10.2. The first-order valence-electron chi connectivity index (χ1n) is 8.26. The van der Waals surface area contributed by atoms with Crippen molar-refractivity contribution in [2.24, 2.45) is 5.92 Å². The van der Waals surface area contributed by atoms with Gasteiger partial charge >= 0.3 is 0 Å². The van der Waals surface area contributed by atoms with Gasteiger partial charge in [-0.05, 0) is 37.8 Å². The van der Waals surface area contributed by atoms with Crippen LogP contribution in [0.4, 0.5) is 0 Å². The molecule has 0 bridgehead atoms. The lowest BCUT2D eigenvalue weighted by molar-refractivity contribution is 0.102. The van der Waals surface area contributed by atoms with Crippen LogP contribution in [0.15, 0.2) is 30.3 Å². The molecule has 1 aromatic rings. The number of hydrogen-bond donors (Lipinski definition) is 2. The molecule has 1 aromatic carbocycles. The van der Waals surface area contributed by atoms with Gasteiger partial charge in [0.25, 0.3) is 0 Å². The summed E-state index contributed by atoms with van der Waals surface area (Å²) in [6.07, 6.45) is 2.32. The third kappa shape index (κ3) is 3.85. The van der Waals surface area contributed by atoms with Crippen LogP contribution in [0.3, 0.4) is 0 Å². The highest BCUT2D eigenvalue weighted by atomic mass is 16.3. The molecule has 0 radical (unpaired) electrons. The van der Waals surface area contributed by atoms with E-state index in [1.165, 1.54) is 12.0 Å². The molecule has 3 atom stereocenters. The quantitative estimate of drug-likeness (QED) is 0.810. The van der Waals surface area contributed by atoms with Crippen molar-refractivity contribution >= 4 is 0 Å². The van der Waals surface area contributed by atoms with Crippen LogP contribution in [0.25, 0.3) is 0 Å². The minimum Gasteiger partial charge on any atom is -0.394 e. The van der Waals surface area contributed by atoms with E-state index < -0.39 is 0 Å². The summed E-state index contributed by atoms with van der Waals surface area (Å²) >= 11 is 0. The molecule has 1 aliphatic heterocycles. The Kier molecular flexibility index (Phi) is 5.80. The van der Waals surface area contributed by atoms with Crippen molar-refractivity contribution < 1.29 is 5.11 Å². The van der Waals surface area contributed by atoms with Gasteiger partial charge in [-0.3, -0.25) is 4.90 Å². The SMILES string of the molecule is CCCNC(CO)(CN1CC(C)CC1C)c1ccccc1. The van der Waals surface area contributed by atoms with E-state index in [9.17, 15) is 5.11 Å². The van der Waals surface area contributed by atoms with Crippen molar-refractivity contribution in [3.05, 3.63) is 35.9 Å². The van der Waals surface area contributed by atoms with Gasteiger partial charge in [0.1, 0.15) is 0 Å². The van der Waals surface area contributed by atoms with E-state index in [2.05, 4.69) is 55.3 Å². The van der Waals surface area contributed by atoms with Gasteiger partial charge in [-0.15, -0.1) is 0 Å². The van der Waals surface area contributed by atoms with Crippen molar-refractivity contribution in [2.45, 2.75) is 45.2 Å². The third-order valence-electron chi connectivity index (χ3n) is 4.70. The van der Waals surface area contributed by atoms with E-state index in [0.29, 0.717) is 6.04 Å². The first-order valence-corrected chi connectivity index (χ1v) is 8.26. The van der Waals surface area contributed by atoms with Crippen LogP contribution < -0.4 is 5.32 Å². The first kappa shape index (κ1) is 16.5. The molecule has 21 heavy (non-hydrogen) atoms. The number of nitrogens with zero attached hydrogens (tertiary/aromatic N) is 1. The summed E-state index contributed by atoms with van der Waals surface area (Å²) < 4.78 is 0. The van der Waals surface area contributed by atoms with Crippen molar-refractivity contribution in [3.63, 3.8) is 0 Å². The highest BCUT2D eigenvalue weighted by Crippen LogP contribution is 2.29. The van der Waals surface area contributed by atoms with E-state index in [-0.39, 0.29) is 12.1 Å². The van der Waals surface area contributed by atoms with E-state index in [0.717, 1.165) is 32.0 Å². The minimum absolute atomic E-state index is 0.134. The molecule has 0 aliphatic carbocycles. The molecule has 1 heterocycles. The number of rotatable bonds is 7. The topological polar surface area (TPSA) is 35.5 Å². The van der Waals surface area contributed by atoms with E-state index in [4.69, 9.17) is 0 Å². The minimum atomic E-state index is -0.352. The smallest absolute Gasteiger partial charge is 0.0798 e. The van der Waals surface area contributed by atoms with E-state index in [1.54, 1.807) is 0 Å². The molecular formula is C18H30N2O. The molecule has 0 amide bonds. The van der Waals surface area contributed by atoms with Gasteiger partial charge < -0.3 is 10.4 Å². The largest absolute Gasteiger partial charge is 0.394 e. The fourth-order valence-corrected chi connectivity index (χ4v) is 3.52. The standard InChI is InChI=1S/C18H30N2O/c1-4-10-19-18(14-21,17-8-6-5-7-9-17)13-20-12-15(2)11-16(20)3/h5-9,15-16,19,21H,4,10-14H2,1-3H3. The molecule has 0 aromatic heterocycles. The average Bonchev–Trinajstić information content (AvgIpc) is 2.82. The van der Waals surface area contributed by atoms with Crippen LogP contribution in [-0.2, 0) is 5.54 Å². The van der Waals surface area contributed by atoms with Crippen molar-refractivity contribution in [3.8, 4) is 0 Å². The fraction of sp³-hybridized carbons (Fsp3) is 0.667. The number of likely N-dealkylation sites (tertiary alicyclic amines) is 1. The summed E-state index contributed by atoms with van der Waals surface area (Å²) in [5.74, 6) is 0.748. The molecule has 1 fully saturated rings. The predicted molar refractivity (Wildman–Crippen MR) is 88.3 cm³/mol. The van der Waals surface area contributed by atoms with Gasteiger partial charge in [-0.1, -0.05) is 44.2 Å². The van der Waals surface area contributed by atoms with Crippen molar-refractivity contribution in [1.82, 2.24) is 10.2 Å². The van der Waals surface area contributed by atoms with E-state index in [1.807, 2.05) is 6.07 Å². The van der Waals surface area contributed by atoms with Crippen LogP contribution >= 0.6 is 0 Å². The number of benzene rings is 1. The summed E-state index contributed by atoms with van der Waals surface area (Å²) in [6.45, 7) is 9.85. The molecule has 0 spiro atoms. The maximum Gasteiger partial charge on any atom is 0.0798 e. The van der Waals surface area contributed by atoms with Gasteiger partial charge in [0, 0.05) is 19.1 Å². The Morgan fingerprint density at radius 2 is 2.00 bits per heavy atom. The Hall–Kier alpha value is -0.900. The maximum atomic E-state index is 10.2. The van der Waals surface area contributed by atoms with Crippen LogP contribution in [-0.4, -0.2) is 42.3 Å². The zero-order valence-electron chi connectivity index (χ0n) is 13.7. The molecular weight excluding hydrogens is 260 g/mol. The Labute approximate surface area is 129 Å². The van der Waals surface area contributed by atoms with Crippen LogP contribution in [0, 0.1) is 5.92 Å². The predicted octanol–water partition coefficient (Wildman–Crippen LogP) is 2.60. The average molecular weight is 290 g/mol. The van der Waals surface area contributed by atoms with Crippen molar-refractivity contribution in [1.29, 1.82) is 0 Å². The molecule has 2 rings (SSSR count). The van der Waals surface area contributed by atoms with Crippen LogP contribution in [0.1, 0.15) is 39.2 Å². The summed E-state index contributed by atoms with van der Waals surface area (Å²) in [7, 11) is 0. The molecule has 1 saturated heterocycles. The van der Waals surface area contributed by atoms with Gasteiger partial charge in [-0.25, -0.2) is 0 Å². The Bertz CT molecular complexity index is 422. The summed E-state index contributed by atoms with van der Waals surface area (Å²) in [4.78, 5) is 2.52. The van der Waals surface area contributed by atoms with Gasteiger partial charge in [0.05, 0.1) is 12.1 Å². The number of nitrogens with one attached hydrogen (secondary N) is 1. The number of aliphatic hydroxyl groups is 1. The third-order valence-corrected chi connectivity index (χ3v) is 4.70. The highest BCUT2D eigenvalue weighted by Gasteiger charge is 2.37. The molecule has 1 aliphatic rings. The molecule has 3 unspecified atom stereocenters. The molecule has 3 nitrogen and oxygen atoms in total. The van der Waals surface area contributed by atoms with Crippen LogP contribution in [0.5, 0.6) is 0 Å². The second kappa shape index (κ2) is 7.39. The monoisotopic (exact) mass is 290 g/mol. The second-order valence-electron chi connectivity index (χ2n) is 6.65. The van der Waals surface area contributed by atoms with Crippen molar-refractivity contribution in [2.75, 3.05) is 26.2 Å². The zero-order valence-corrected chi connectivity index (χ0v) is 13.7. The van der Waals surface area contributed by atoms with Gasteiger partial charge in [0.2, 0.25) is 0 Å². The normalized spacial score (nSPS) is 25.9. The summed E-state index contributed by atoms with van der Waals surface area (Å²) in [6, 6.07) is 11.0. The highest BCUT2D eigenvalue weighted by molar-refractivity contribution is 5.25. The Morgan fingerprint density at radius 3 is 2.52 bits per heavy atom. The lowest BCUT2D eigenvalue weighted by Crippen LogP contribution is -2.54. The molecule has 3 heteroatoms. The lowest BCUT2D eigenvalue weighted by atomic mass is 9.89. The van der Waals surface area contributed by atoms with Gasteiger partial charge in [-0.2, -0.15) is 0 Å². The summed E-state index contributed by atoms with van der Waals surface area (Å²) in [5.41, 5.74) is 0.836. The lowest BCUT2D eigenvalue weighted by Gasteiger charge is -2.38. The first-order chi connectivity index (χ1) is 10.1. The number of hydrogen-bond acceptors (Lipinski definition) is 3. The Morgan fingerprint density at radius 1 is 1.29 bits per heavy atom. The number of aliphatic hydroxyl groups excluding tert-OH is 1. The van der Waals surface area contributed by atoms with E-state index >= 15 is 0 Å². The fourth-order valence-electron chi connectivity index (χ4n) is 3.52. The zero-order chi connectivity index (χ0) is 15.3. The van der Waals surface area contributed by atoms with Gasteiger partial charge in [0.15, 0.2) is 0 Å². The van der Waals surface area contributed by atoms with Crippen LogP contribution in [0.2, 0.25) is 0 Å². The Balaban J connectivity index is 2.22. The molecule has 0 saturated carbocycles. The summed E-state index contributed by atoms with van der Waals surface area (Å²) in [5, 5.41) is 13.8. The molecule has 118 valence electrons.